The summed E-state index contributed by atoms with van der Waals surface area (Å²) in [5, 5.41) is 6.02. The van der Waals surface area contributed by atoms with Crippen LogP contribution in [0.1, 0.15) is 32.6 Å². The molecule has 0 aliphatic heterocycles. The zero-order chi connectivity index (χ0) is 13.7. The normalized spacial score (nSPS) is 22.8. The van der Waals surface area contributed by atoms with E-state index >= 15 is 0 Å². The molecule has 1 aromatic carbocycles. The van der Waals surface area contributed by atoms with Gasteiger partial charge in [-0.2, -0.15) is 0 Å². The fraction of sp³-hybridized carbons (Fsp3) is 0.533. The Morgan fingerprint density at radius 1 is 1.16 bits per heavy atom. The molecule has 2 amide bonds. The third kappa shape index (κ3) is 4.47. The van der Waals surface area contributed by atoms with Gasteiger partial charge in [0.15, 0.2) is 0 Å². The van der Waals surface area contributed by atoms with E-state index in [0.717, 1.165) is 29.8 Å². The molecule has 0 aromatic heterocycles. The van der Waals surface area contributed by atoms with Crippen LogP contribution in [0.2, 0.25) is 0 Å². The second kappa shape index (κ2) is 6.45. The van der Waals surface area contributed by atoms with E-state index in [1.807, 2.05) is 24.3 Å². The Hall–Kier alpha value is -1.71. The summed E-state index contributed by atoms with van der Waals surface area (Å²) in [7, 11) is 0. The van der Waals surface area contributed by atoms with Crippen LogP contribution in [0.25, 0.3) is 0 Å². The lowest BCUT2D eigenvalue weighted by Crippen LogP contribution is -2.20. The van der Waals surface area contributed by atoms with Crippen LogP contribution in [0.5, 0.6) is 0 Å². The highest BCUT2D eigenvalue weighted by Crippen LogP contribution is 2.28. The van der Waals surface area contributed by atoms with Crippen molar-refractivity contribution in [3.05, 3.63) is 24.3 Å². The molecule has 0 heterocycles. The standard InChI is InChI=1S/C15H23N3O/c1-11-2-4-12(5-3-11)10-17-13-6-8-14(9-7-13)18-15(16)19/h6-9,11-12,17H,2-5,10H2,1H3,(H3,16,18,19). The Balaban J connectivity index is 1.78. The van der Waals surface area contributed by atoms with Crippen LogP contribution in [0.4, 0.5) is 16.2 Å². The predicted molar refractivity (Wildman–Crippen MR) is 79.3 cm³/mol. The van der Waals surface area contributed by atoms with Crippen molar-refractivity contribution >= 4 is 17.4 Å². The quantitative estimate of drug-likeness (QED) is 0.777. The first kappa shape index (κ1) is 13.7. The lowest BCUT2D eigenvalue weighted by atomic mass is 9.83. The largest absolute Gasteiger partial charge is 0.385 e. The molecule has 4 heteroatoms. The van der Waals surface area contributed by atoms with Gasteiger partial charge in [-0.25, -0.2) is 4.79 Å². The number of rotatable bonds is 4. The highest BCUT2D eigenvalue weighted by atomic mass is 16.2. The first-order valence-electron chi connectivity index (χ1n) is 7.04. The van der Waals surface area contributed by atoms with E-state index in [0.29, 0.717) is 0 Å². The summed E-state index contributed by atoms with van der Waals surface area (Å²) in [5.74, 6) is 1.69. The van der Waals surface area contributed by atoms with Crippen LogP contribution in [0.3, 0.4) is 0 Å². The van der Waals surface area contributed by atoms with Crippen LogP contribution in [-0.2, 0) is 0 Å². The average molecular weight is 261 g/mol. The third-order valence-electron chi connectivity index (χ3n) is 3.88. The van der Waals surface area contributed by atoms with Crippen molar-refractivity contribution in [3.8, 4) is 0 Å². The SMILES string of the molecule is CC1CCC(CNc2ccc(NC(N)=O)cc2)CC1. The molecule has 1 aliphatic rings. The Labute approximate surface area is 114 Å². The number of nitrogens with one attached hydrogen (secondary N) is 2. The molecule has 4 N–H and O–H groups in total. The monoisotopic (exact) mass is 261 g/mol. The Morgan fingerprint density at radius 3 is 2.32 bits per heavy atom. The molecule has 0 radical (unpaired) electrons. The van der Waals surface area contributed by atoms with E-state index in [2.05, 4.69) is 17.6 Å². The van der Waals surface area contributed by atoms with Gasteiger partial charge >= 0.3 is 6.03 Å². The van der Waals surface area contributed by atoms with E-state index in [4.69, 9.17) is 5.73 Å². The van der Waals surface area contributed by atoms with Crippen LogP contribution in [0, 0.1) is 11.8 Å². The van der Waals surface area contributed by atoms with Gasteiger partial charge in [-0.05, 0) is 48.9 Å². The number of carbonyl (C=O) groups excluding carboxylic acids is 1. The lowest BCUT2D eigenvalue weighted by Gasteiger charge is -2.26. The van der Waals surface area contributed by atoms with E-state index in [-0.39, 0.29) is 0 Å². The molecule has 104 valence electrons. The molecular weight excluding hydrogens is 238 g/mol. The fourth-order valence-corrected chi connectivity index (χ4v) is 2.61. The van der Waals surface area contributed by atoms with Crippen LogP contribution >= 0.6 is 0 Å². The molecule has 2 rings (SSSR count). The van der Waals surface area contributed by atoms with E-state index in [1.165, 1.54) is 25.7 Å². The van der Waals surface area contributed by atoms with Gasteiger partial charge < -0.3 is 16.4 Å². The minimum absolute atomic E-state index is 0.531. The van der Waals surface area contributed by atoms with Gasteiger partial charge in [-0.15, -0.1) is 0 Å². The first-order valence-corrected chi connectivity index (χ1v) is 7.04. The summed E-state index contributed by atoms with van der Waals surface area (Å²) < 4.78 is 0. The van der Waals surface area contributed by atoms with Gasteiger partial charge in [0, 0.05) is 17.9 Å². The summed E-state index contributed by atoms with van der Waals surface area (Å²) in [4.78, 5) is 10.7. The third-order valence-corrected chi connectivity index (χ3v) is 3.88. The van der Waals surface area contributed by atoms with Gasteiger partial charge in [0.25, 0.3) is 0 Å². The highest BCUT2D eigenvalue weighted by Gasteiger charge is 2.17. The van der Waals surface area contributed by atoms with E-state index in [1.54, 1.807) is 0 Å². The maximum absolute atomic E-state index is 10.7. The van der Waals surface area contributed by atoms with Crippen molar-refractivity contribution in [1.29, 1.82) is 0 Å². The minimum Gasteiger partial charge on any atom is -0.385 e. The number of benzene rings is 1. The van der Waals surface area contributed by atoms with Gasteiger partial charge in [0.2, 0.25) is 0 Å². The zero-order valence-corrected chi connectivity index (χ0v) is 11.5. The molecule has 1 saturated carbocycles. The summed E-state index contributed by atoms with van der Waals surface area (Å²) in [6.07, 6.45) is 5.37. The van der Waals surface area contributed by atoms with E-state index < -0.39 is 6.03 Å². The molecule has 0 atom stereocenters. The van der Waals surface area contributed by atoms with Crippen molar-refractivity contribution in [2.75, 3.05) is 17.2 Å². The number of hydrogen-bond donors (Lipinski definition) is 3. The van der Waals surface area contributed by atoms with Gasteiger partial charge in [-0.1, -0.05) is 19.8 Å². The summed E-state index contributed by atoms with van der Waals surface area (Å²) in [6, 6.07) is 7.12. The topological polar surface area (TPSA) is 67.2 Å². The van der Waals surface area contributed by atoms with Crippen LogP contribution < -0.4 is 16.4 Å². The fourth-order valence-electron chi connectivity index (χ4n) is 2.61. The minimum atomic E-state index is -0.531. The Bertz CT molecular complexity index is 408. The molecule has 0 unspecified atom stereocenters. The first-order chi connectivity index (χ1) is 9.13. The molecule has 1 aromatic rings. The smallest absolute Gasteiger partial charge is 0.316 e. The van der Waals surface area contributed by atoms with E-state index in [9.17, 15) is 4.79 Å². The van der Waals surface area contributed by atoms with Gasteiger partial charge in [-0.3, -0.25) is 0 Å². The summed E-state index contributed by atoms with van der Waals surface area (Å²) in [6.45, 7) is 3.38. The molecule has 4 nitrogen and oxygen atoms in total. The Kier molecular flexibility index (Phi) is 4.66. The van der Waals surface area contributed by atoms with Crippen molar-refractivity contribution in [1.82, 2.24) is 0 Å². The molecule has 0 bridgehead atoms. The number of nitrogens with two attached hydrogens (primary N) is 1. The lowest BCUT2D eigenvalue weighted by molar-refractivity contribution is 0.259. The summed E-state index contributed by atoms with van der Waals surface area (Å²) >= 11 is 0. The number of urea groups is 1. The second-order valence-corrected chi connectivity index (χ2v) is 5.57. The maximum atomic E-state index is 10.7. The number of amides is 2. The molecule has 19 heavy (non-hydrogen) atoms. The van der Waals surface area contributed by atoms with Crippen molar-refractivity contribution in [3.63, 3.8) is 0 Å². The molecule has 0 spiro atoms. The average Bonchev–Trinajstić information content (AvgIpc) is 2.39. The molecule has 1 aliphatic carbocycles. The Morgan fingerprint density at radius 2 is 1.74 bits per heavy atom. The van der Waals surface area contributed by atoms with Gasteiger partial charge in [0.05, 0.1) is 0 Å². The van der Waals surface area contributed by atoms with Crippen molar-refractivity contribution in [2.45, 2.75) is 32.6 Å². The number of anilines is 2. The molecule has 0 saturated heterocycles. The molecule has 1 fully saturated rings. The number of carbonyl (C=O) groups is 1. The van der Waals surface area contributed by atoms with Crippen LogP contribution in [0.15, 0.2) is 24.3 Å². The summed E-state index contributed by atoms with van der Waals surface area (Å²) in [5.41, 5.74) is 6.88. The number of primary amides is 1. The second-order valence-electron chi connectivity index (χ2n) is 5.57. The van der Waals surface area contributed by atoms with Crippen LogP contribution in [-0.4, -0.2) is 12.6 Å². The molecular formula is C15H23N3O. The van der Waals surface area contributed by atoms with Gasteiger partial charge in [0.1, 0.15) is 0 Å². The van der Waals surface area contributed by atoms with Crippen molar-refractivity contribution in [2.24, 2.45) is 17.6 Å². The maximum Gasteiger partial charge on any atom is 0.316 e. The zero-order valence-electron chi connectivity index (χ0n) is 11.5. The number of hydrogen-bond acceptors (Lipinski definition) is 2. The highest BCUT2D eigenvalue weighted by molar-refractivity contribution is 5.87. The van der Waals surface area contributed by atoms with Crippen molar-refractivity contribution < 1.29 is 4.79 Å². The predicted octanol–water partition coefficient (Wildman–Crippen LogP) is 3.42.